The Labute approximate surface area is 132 Å². The van der Waals surface area contributed by atoms with Crippen LogP contribution in [0.2, 0.25) is 0 Å². The van der Waals surface area contributed by atoms with E-state index in [0.29, 0.717) is 0 Å². The number of rotatable bonds is 13. The topological polar surface area (TPSA) is 63.3 Å². The van der Waals surface area contributed by atoms with Crippen LogP contribution in [0.4, 0.5) is 0 Å². The molecule has 0 aromatic rings. The summed E-state index contributed by atoms with van der Waals surface area (Å²) in [4.78, 5) is 9.00. The molecule has 0 saturated heterocycles. The minimum Gasteiger partial charge on any atom is -0.481 e. The summed E-state index contributed by atoms with van der Waals surface area (Å²) in [5.74, 6) is 0.0588. The molecule has 3 N–H and O–H groups in total. The molecule has 3 nitrogen and oxygen atoms in total. The Kier molecular flexibility index (Phi) is 21.0. The summed E-state index contributed by atoms with van der Waals surface area (Å²) in [5, 5.41) is 7.42. The molecule has 0 saturated carbocycles. The number of hydrogen-bond donors (Lipinski definition) is 2. The zero-order chi connectivity index (χ0) is 16.3. The quantitative estimate of drug-likeness (QED) is 0.449. The molecule has 0 aliphatic rings. The van der Waals surface area contributed by atoms with Crippen molar-refractivity contribution in [2.75, 3.05) is 6.54 Å². The molecule has 0 aliphatic heterocycles. The maximum atomic E-state index is 9.00. The third-order valence-electron chi connectivity index (χ3n) is 3.49. The van der Waals surface area contributed by atoms with Gasteiger partial charge in [0.05, 0.1) is 0 Å². The second-order valence-corrected chi connectivity index (χ2v) is 6.38. The lowest BCUT2D eigenvalue weighted by molar-refractivity contribution is -0.134. The van der Waals surface area contributed by atoms with E-state index in [4.69, 9.17) is 15.6 Å². The molecular formula is C18H39NO2. The van der Waals surface area contributed by atoms with E-state index >= 15 is 0 Å². The predicted octanol–water partition coefficient (Wildman–Crippen LogP) is 5.37. The third kappa shape index (κ3) is 32.7. The fourth-order valence-electron chi connectivity index (χ4n) is 2.29. The summed E-state index contributed by atoms with van der Waals surface area (Å²) in [5.41, 5.74) is 5.47. The standard InChI is InChI=1S/C16H35N.C2H4O2/c1-16(2)14-12-10-8-6-4-3-5-7-9-11-13-15-17;1-2(3)4/h16H,3-15,17H2,1-2H3;1H3,(H,3,4). The van der Waals surface area contributed by atoms with E-state index in [1.165, 1.54) is 77.0 Å². The van der Waals surface area contributed by atoms with Crippen molar-refractivity contribution >= 4 is 5.97 Å². The van der Waals surface area contributed by atoms with Crippen molar-refractivity contribution in [1.29, 1.82) is 0 Å². The smallest absolute Gasteiger partial charge is 0.300 e. The normalized spacial score (nSPS) is 10.3. The van der Waals surface area contributed by atoms with Gasteiger partial charge in [-0.1, -0.05) is 84.5 Å². The van der Waals surface area contributed by atoms with Gasteiger partial charge in [-0.15, -0.1) is 0 Å². The largest absolute Gasteiger partial charge is 0.481 e. The molecule has 3 heteroatoms. The van der Waals surface area contributed by atoms with E-state index in [-0.39, 0.29) is 0 Å². The number of carboxylic acids is 1. The van der Waals surface area contributed by atoms with Crippen LogP contribution in [-0.2, 0) is 4.79 Å². The zero-order valence-electron chi connectivity index (χ0n) is 14.7. The predicted molar refractivity (Wildman–Crippen MR) is 92.6 cm³/mol. The van der Waals surface area contributed by atoms with Crippen molar-refractivity contribution in [2.24, 2.45) is 11.7 Å². The van der Waals surface area contributed by atoms with Crippen LogP contribution in [0.5, 0.6) is 0 Å². The average molecular weight is 302 g/mol. The van der Waals surface area contributed by atoms with Gasteiger partial charge in [0.2, 0.25) is 0 Å². The van der Waals surface area contributed by atoms with Crippen LogP contribution < -0.4 is 5.73 Å². The van der Waals surface area contributed by atoms with Gasteiger partial charge < -0.3 is 10.8 Å². The molecule has 0 aliphatic carbocycles. The lowest BCUT2D eigenvalue weighted by Gasteiger charge is -2.04. The summed E-state index contributed by atoms with van der Waals surface area (Å²) in [7, 11) is 0. The molecule has 0 radical (unpaired) electrons. The van der Waals surface area contributed by atoms with E-state index in [2.05, 4.69) is 13.8 Å². The molecule has 128 valence electrons. The molecule has 0 aromatic carbocycles. The van der Waals surface area contributed by atoms with Crippen LogP contribution in [0, 0.1) is 5.92 Å². The van der Waals surface area contributed by atoms with Gasteiger partial charge in [0.15, 0.2) is 0 Å². The van der Waals surface area contributed by atoms with E-state index in [1.807, 2.05) is 0 Å². The maximum absolute atomic E-state index is 9.00. The molecule has 0 rings (SSSR count). The van der Waals surface area contributed by atoms with Crippen molar-refractivity contribution in [3.05, 3.63) is 0 Å². The average Bonchev–Trinajstić information content (AvgIpc) is 2.39. The first-order valence-corrected chi connectivity index (χ1v) is 8.90. The SMILES string of the molecule is CC(=O)O.CC(C)CCCCCCCCCCCCCN. The molecule has 0 atom stereocenters. The second kappa shape index (κ2) is 19.4. The summed E-state index contributed by atoms with van der Waals surface area (Å²) < 4.78 is 0. The van der Waals surface area contributed by atoms with Gasteiger partial charge in [0.25, 0.3) is 5.97 Å². The zero-order valence-corrected chi connectivity index (χ0v) is 14.7. The van der Waals surface area contributed by atoms with Gasteiger partial charge in [-0.3, -0.25) is 4.79 Å². The summed E-state index contributed by atoms with van der Waals surface area (Å²) in [6, 6.07) is 0. The summed E-state index contributed by atoms with van der Waals surface area (Å²) in [6.45, 7) is 6.60. The van der Waals surface area contributed by atoms with Crippen LogP contribution in [-0.4, -0.2) is 17.6 Å². The number of carboxylic acid groups (broad SMARTS) is 1. The molecule has 0 amide bonds. The van der Waals surface area contributed by atoms with E-state index in [1.54, 1.807) is 0 Å². The Balaban J connectivity index is 0. The lowest BCUT2D eigenvalue weighted by atomic mass is 10.0. The minimum atomic E-state index is -0.833. The number of hydrogen-bond acceptors (Lipinski definition) is 2. The van der Waals surface area contributed by atoms with Gasteiger partial charge in [-0.25, -0.2) is 0 Å². The highest BCUT2D eigenvalue weighted by Gasteiger charge is 1.95. The fraction of sp³-hybridized carbons (Fsp3) is 0.944. The van der Waals surface area contributed by atoms with Crippen LogP contribution in [0.3, 0.4) is 0 Å². The Morgan fingerprint density at radius 2 is 1.10 bits per heavy atom. The fourth-order valence-corrected chi connectivity index (χ4v) is 2.29. The van der Waals surface area contributed by atoms with Crippen LogP contribution in [0.1, 0.15) is 97.8 Å². The van der Waals surface area contributed by atoms with Crippen molar-refractivity contribution in [1.82, 2.24) is 0 Å². The summed E-state index contributed by atoms with van der Waals surface area (Å²) in [6.07, 6.45) is 17.0. The van der Waals surface area contributed by atoms with Crippen LogP contribution in [0.15, 0.2) is 0 Å². The molecule has 0 bridgehead atoms. The van der Waals surface area contributed by atoms with Crippen LogP contribution in [0.25, 0.3) is 0 Å². The number of aliphatic carboxylic acids is 1. The Morgan fingerprint density at radius 3 is 1.38 bits per heavy atom. The first-order valence-electron chi connectivity index (χ1n) is 8.90. The Morgan fingerprint density at radius 1 is 0.810 bits per heavy atom. The molecule has 0 heterocycles. The lowest BCUT2D eigenvalue weighted by Crippen LogP contribution is -1.97. The monoisotopic (exact) mass is 301 g/mol. The highest BCUT2D eigenvalue weighted by molar-refractivity contribution is 5.62. The number of carbonyl (C=O) groups is 1. The number of unbranched alkanes of at least 4 members (excludes halogenated alkanes) is 10. The van der Waals surface area contributed by atoms with Crippen molar-refractivity contribution in [2.45, 2.75) is 97.8 Å². The van der Waals surface area contributed by atoms with Gasteiger partial charge in [-0.2, -0.15) is 0 Å². The van der Waals surface area contributed by atoms with E-state index in [0.717, 1.165) is 19.4 Å². The summed E-state index contributed by atoms with van der Waals surface area (Å²) >= 11 is 0. The van der Waals surface area contributed by atoms with Gasteiger partial charge in [-0.05, 0) is 18.9 Å². The minimum absolute atomic E-state index is 0.833. The van der Waals surface area contributed by atoms with E-state index < -0.39 is 5.97 Å². The van der Waals surface area contributed by atoms with Crippen LogP contribution >= 0.6 is 0 Å². The number of nitrogens with two attached hydrogens (primary N) is 1. The second-order valence-electron chi connectivity index (χ2n) is 6.38. The molecule has 21 heavy (non-hydrogen) atoms. The molecular weight excluding hydrogens is 262 g/mol. The molecule has 0 fully saturated rings. The third-order valence-corrected chi connectivity index (χ3v) is 3.49. The highest BCUT2D eigenvalue weighted by Crippen LogP contribution is 2.13. The van der Waals surface area contributed by atoms with Crippen molar-refractivity contribution in [3.63, 3.8) is 0 Å². The molecule has 0 aromatic heterocycles. The Bertz CT molecular complexity index is 201. The van der Waals surface area contributed by atoms with Crippen molar-refractivity contribution in [3.8, 4) is 0 Å². The van der Waals surface area contributed by atoms with Crippen molar-refractivity contribution < 1.29 is 9.90 Å². The maximum Gasteiger partial charge on any atom is 0.300 e. The van der Waals surface area contributed by atoms with E-state index in [9.17, 15) is 0 Å². The molecule has 0 spiro atoms. The highest BCUT2D eigenvalue weighted by atomic mass is 16.4. The first-order chi connectivity index (χ1) is 10.0. The Hall–Kier alpha value is -0.570. The van der Waals surface area contributed by atoms with Gasteiger partial charge >= 0.3 is 0 Å². The van der Waals surface area contributed by atoms with Gasteiger partial charge in [0.1, 0.15) is 0 Å². The first kappa shape index (κ1) is 22.7. The molecule has 0 unspecified atom stereocenters. The van der Waals surface area contributed by atoms with Gasteiger partial charge in [0, 0.05) is 6.92 Å².